The van der Waals surface area contributed by atoms with E-state index in [4.69, 9.17) is 0 Å². The van der Waals surface area contributed by atoms with E-state index in [2.05, 4.69) is 65.5 Å². The van der Waals surface area contributed by atoms with Crippen molar-refractivity contribution in [3.8, 4) is 10.8 Å². The van der Waals surface area contributed by atoms with Gasteiger partial charge < -0.3 is 0 Å². The first-order valence-corrected chi connectivity index (χ1v) is 12.1. The topological polar surface area (TPSA) is 34.1 Å². The van der Waals surface area contributed by atoms with Crippen LogP contribution in [0.5, 0.6) is 0 Å². The quantitative estimate of drug-likeness (QED) is 0.319. The highest BCUT2D eigenvalue weighted by Gasteiger charge is 2.63. The third kappa shape index (κ3) is 2.61. The molecule has 0 N–H and O–H groups in total. The van der Waals surface area contributed by atoms with E-state index in [1.807, 2.05) is 6.08 Å². The predicted octanol–water partition coefficient (Wildman–Crippen LogP) is 5.56. The van der Waals surface area contributed by atoms with Crippen LogP contribution in [-0.4, -0.2) is 21.2 Å². The van der Waals surface area contributed by atoms with Crippen molar-refractivity contribution in [1.82, 2.24) is 0 Å². The number of ketones is 2. The normalized spacial score (nSPS) is 47.2. The summed E-state index contributed by atoms with van der Waals surface area (Å²) in [6.45, 7) is 2.20. The molecule has 2 nitrogen and oxygen atoms in total. The van der Waals surface area contributed by atoms with Crippen LogP contribution in [0.25, 0.3) is 0 Å². The van der Waals surface area contributed by atoms with Gasteiger partial charge in [-0.3, -0.25) is 9.59 Å². The van der Waals surface area contributed by atoms with Gasteiger partial charge in [0, 0.05) is 55.7 Å². The summed E-state index contributed by atoms with van der Waals surface area (Å²) >= 11 is 11.2. The van der Waals surface area contributed by atoms with Crippen LogP contribution in [0.2, 0.25) is 0 Å². The number of allylic oxidation sites excluding steroid dienone is 1. The first kappa shape index (κ1) is 19.4. The Hall–Kier alpha value is 0.0800. The molecule has 5 heteroatoms. The molecule has 4 rings (SSSR count). The smallest absolute Gasteiger partial charge is 0.155 e. The van der Waals surface area contributed by atoms with Gasteiger partial charge in [-0.25, -0.2) is 0 Å². The Labute approximate surface area is 180 Å². The molecule has 3 saturated carbocycles. The summed E-state index contributed by atoms with van der Waals surface area (Å²) in [5.41, 5.74) is 1.04. The van der Waals surface area contributed by atoms with Crippen molar-refractivity contribution in [2.24, 2.45) is 28.6 Å². The predicted molar refractivity (Wildman–Crippen MR) is 114 cm³/mol. The van der Waals surface area contributed by atoms with Crippen LogP contribution >= 0.6 is 47.8 Å². The van der Waals surface area contributed by atoms with E-state index < -0.39 is 0 Å². The van der Waals surface area contributed by atoms with E-state index in [1.165, 1.54) is 5.57 Å². The molecular formula is C21H23Br3O2. The molecule has 4 aliphatic rings. The second kappa shape index (κ2) is 6.85. The third-order valence-corrected chi connectivity index (χ3v) is 11.1. The van der Waals surface area contributed by atoms with Crippen molar-refractivity contribution in [2.45, 2.75) is 61.5 Å². The Bertz CT molecular complexity index is 748. The molecule has 0 heterocycles. The Morgan fingerprint density at radius 1 is 1.15 bits per heavy atom. The maximum atomic E-state index is 12.7. The zero-order chi connectivity index (χ0) is 18.7. The first-order chi connectivity index (χ1) is 12.3. The zero-order valence-corrected chi connectivity index (χ0v) is 19.6. The summed E-state index contributed by atoms with van der Waals surface area (Å²) in [5.74, 6) is 5.35. The largest absolute Gasteiger partial charge is 0.299 e. The van der Waals surface area contributed by atoms with Crippen LogP contribution in [0.1, 0.15) is 51.9 Å². The lowest BCUT2D eigenvalue weighted by molar-refractivity contribution is -0.132. The van der Waals surface area contributed by atoms with E-state index >= 15 is 0 Å². The van der Waals surface area contributed by atoms with Gasteiger partial charge in [0.05, 0.1) is 0 Å². The maximum absolute atomic E-state index is 12.7. The highest BCUT2D eigenvalue weighted by Crippen LogP contribution is 2.67. The van der Waals surface area contributed by atoms with Gasteiger partial charge in [0.25, 0.3) is 0 Å². The molecule has 0 aromatic carbocycles. The number of alkyl halides is 2. The van der Waals surface area contributed by atoms with Gasteiger partial charge in [-0.05, 0) is 59.9 Å². The summed E-state index contributed by atoms with van der Waals surface area (Å²) < 4.78 is 0. The average molecular weight is 547 g/mol. The Kier molecular flexibility index (Phi) is 5.11. The van der Waals surface area contributed by atoms with Crippen LogP contribution in [0.3, 0.4) is 0 Å². The average Bonchev–Trinajstić information content (AvgIpc) is 2.93. The standard InChI is InChI=1S/C21H23Br3O2/c1-20-8-6-14-17(13(20)3-4-16(20)26)19(24)18(23)15-11-12(25)5-9-21(14,15)7-2-10-22/h11,13-14,17-19H,3-9H2,1H3/t13-,14-,17-,18-,19-,20-,21+/m0/s1. The van der Waals surface area contributed by atoms with E-state index in [0.29, 0.717) is 30.0 Å². The van der Waals surface area contributed by atoms with Crippen molar-refractivity contribution < 1.29 is 9.59 Å². The van der Waals surface area contributed by atoms with E-state index in [-0.39, 0.29) is 26.3 Å². The molecule has 140 valence electrons. The van der Waals surface area contributed by atoms with Crippen LogP contribution in [0.15, 0.2) is 11.6 Å². The second-order valence-corrected chi connectivity index (χ2v) is 11.2. The summed E-state index contributed by atoms with van der Waals surface area (Å²) in [6.07, 6.45) is 7.97. The Balaban J connectivity index is 1.83. The minimum absolute atomic E-state index is 0.0370. The molecule has 3 fully saturated rings. The summed E-state index contributed by atoms with van der Waals surface area (Å²) in [5, 5.41) is 0. The molecule has 0 unspecified atom stereocenters. The van der Waals surface area contributed by atoms with Crippen molar-refractivity contribution in [1.29, 1.82) is 0 Å². The van der Waals surface area contributed by atoms with Gasteiger partial charge in [0.2, 0.25) is 0 Å². The first-order valence-electron chi connectivity index (χ1n) is 9.50. The van der Waals surface area contributed by atoms with E-state index in [0.717, 1.165) is 38.5 Å². The Morgan fingerprint density at radius 3 is 2.65 bits per heavy atom. The van der Waals surface area contributed by atoms with Gasteiger partial charge in [0.15, 0.2) is 5.78 Å². The third-order valence-electron chi connectivity index (χ3n) is 7.88. The maximum Gasteiger partial charge on any atom is 0.155 e. The van der Waals surface area contributed by atoms with Gasteiger partial charge >= 0.3 is 0 Å². The zero-order valence-electron chi connectivity index (χ0n) is 14.9. The van der Waals surface area contributed by atoms with Gasteiger partial charge in [-0.1, -0.05) is 44.7 Å². The van der Waals surface area contributed by atoms with Crippen molar-refractivity contribution in [3.05, 3.63) is 11.6 Å². The monoisotopic (exact) mass is 544 g/mol. The number of fused-ring (bicyclic) bond motifs is 5. The van der Waals surface area contributed by atoms with Crippen LogP contribution in [0.4, 0.5) is 0 Å². The fourth-order valence-electron chi connectivity index (χ4n) is 6.57. The molecule has 0 aromatic rings. The number of Topliss-reactive ketones (excluding diaryl/α,β-unsaturated/α-hetero) is 1. The number of carbonyl (C=O) groups is 2. The van der Waals surface area contributed by atoms with Crippen molar-refractivity contribution in [3.63, 3.8) is 0 Å². The number of halogens is 3. The number of hydrogen-bond donors (Lipinski definition) is 0. The Morgan fingerprint density at radius 2 is 1.92 bits per heavy atom. The number of carbonyl (C=O) groups excluding carboxylic acids is 2. The lowest BCUT2D eigenvalue weighted by Gasteiger charge is -2.60. The van der Waals surface area contributed by atoms with Crippen LogP contribution < -0.4 is 0 Å². The lowest BCUT2D eigenvalue weighted by Crippen LogP contribution is -2.58. The molecule has 26 heavy (non-hydrogen) atoms. The molecule has 0 saturated heterocycles. The minimum atomic E-state index is -0.159. The number of hydrogen-bond acceptors (Lipinski definition) is 2. The molecule has 4 aliphatic carbocycles. The number of rotatable bonds is 1. The minimum Gasteiger partial charge on any atom is -0.299 e. The van der Waals surface area contributed by atoms with Crippen LogP contribution in [0, 0.1) is 39.3 Å². The fraction of sp³-hybridized carbons (Fsp3) is 0.714. The fourth-order valence-corrected chi connectivity index (χ4v) is 8.67. The summed E-state index contributed by atoms with van der Waals surface area (Å²) in [7, 11) is 0. The lowest BCUT2D eigenvalue weighted by atomic mass is 9.46. The molecule has 0 spiro atoms. The second-order valence-electron chi connectivity index (χ2n) is 8.72. The van der Waals surface area contributed by atoms with Gasteiger partial charge in [-0.15, -0.1) is 0 Å². The molecule has 0 bridgehead atoms. The SMILES string of the molecule is C[C@]12CC[C@H]3[C@@H]([C@H](Br)[C@@H](Br)C4=CC(=O)CC[C@@]43CC#CBr)[C@@H]1CCC2=O. The molecule has 0 aliphatic heterocycles. The molecular weight excluding hydrogens is 524 g/mol. The highest BCUT2D eigenvalue weighted by molar-refractivity contribution is 9.12. The van der Waals surface area contributed by atoms with Crippen molar-refractivity contribution in [2.75, 3.05) is 0 Å². The van der Waals surface area contributed by atoms with Gasteiger partial charge in [0.1, 0.15) is 5.78 Å². The van der Waals surface area contributed by atoms with E-state index in [1.54, 1.807) is 0 Å². The molecule has 7 atom stereocenters. The van der Waals surface area contributed by atoms with Gasteiger partial charge in [-0.2, -0.15) is 0 Å². The van der Waals surface area contributed by atoms with Crippen LogP contribution in [-0.2, 0) is 9.59 Å². The summed E-state index contributed by atoms with van der Waals surface area (Å²) in [6, 6.07) is 0. The van der Waals surface area contributed by atoms with Crippen molar-refractivity contribution >= 4 is 59.4 Å². The van der Waals surface area contributed by atoms with E-state index in [9.17, 15) is 9.59 Å². The summed E-state index contributed by atoms with van der Waals surface area (Å²) in [4.78, 5) is 28.2. The molecule has 0 amide bonds. The molecule has 0 aromatic heterocycles. The highest BCUT2D eigenvalue weighted by atomic mass is 79.9. The molecule has 0 radical (unpaired) electrons.